The molecule has 5 N–H and O–H groups in total. The molecule has 4 aliphatic rings. The fourth-order valence-corrected chi connectivity index (χ4v) is 7.95. The topological polar surface area (TPSA) is 140 Å². The van der Waals surface area contributed by atoms with Gasteiger partial charge in [-0.1, -0.05) is 0 Å². The average Bonchev–Trinajstić information content (AvgIpc) is 2.82. The fourth-order valence-electron chi connectivity index (χ4n) is 7.33. The number of amides is 1. The van der Waals surface area contributed by atoms with Crippen LogP contribution in [0.25, 0.3) is 0 Å². The molecule has 1 aromatic carbocycles. The van der Waals surface area contributed by atoms with Crippen molar-refractivity contribution >= 4 is 39.6 Å². The van der Waals surface area contributed by atoms with E-state index in [-0.39, 0.29) is 51.5 Å². The summed E-state index contributed by atoms with van der Waals surface area (Å²) in [5.74, 6) is -2.58. The second-order valence-corrected chi connectivity index (χ2v) is 12.8. The molecule has 12 heteroatoms. The third kappa shape index (κ3) is 4.04. The van der Waals surface area contributed by atoms with Gasteiger partial charge in [0.05, 0.1) is 6.10 Å². The van der Waals surface area contributed by atoms with Crippen molar-refractivity contribution in [2.45, 2.75) is 36.7 Å². The number of hydrogen-bond donors (Lipinski definition) is 4. The van der Waals surface area contributed by atoms with Gasteiger partial charge in [0.2, 0.25) is 0 Å². The Hall–Kier alpha value is -2.72. The number of nitrogens with zero attached hydrogens (tertiary/aromatic N) is 3. The Kier molecular flexibility index (Phi) is 7.18. The first-order valence-electron chi connectivity index (χ1n) is 13.4. The van der Waals surface area contributed by atoms with Crippen molar-refractivity contribution in [2.75, 3.05) is 53.3 Å². The number of phenolic OH excluding ortho intramolecular Hbond substituents is 1. The molecule has 1 fully saturated rings. The van der Waals surface area contributed by atoms with Gasteiger partial charge in [-0.15, -0.1) is 0 Å². The maximum absolute atomic E-state index is 14.1. The first-order chi connectivity index (χ1) is 18.7. The molecule has 1 aliphatic heterocycles. The number of allylic oxidation sites excluding steroid dienone is 2. The summed E-state index contributed by atoms with van der Waals surface area (Å²) in [6, 6.07) is 1.01. The van der Waals surface area contributed by atoms with Crippen molar-refractivity contribution < 1.29 is 29.6 Å². The van der Waals surface area contributed by atoms with Crippen LogP contribution < -0.4 is 10.6 Å². The van der Waals surface area contributed by atoms with Crippen molar-refractivity contribution in [3.63, 3.8) is 0 Å². The minimum atomic E-state index is -1.29. The van der Waals surface area contributed by atoms with Gasteiger partial charge in [0, 0.05) is 7.11 Å². The van der Waals surface area contributed by atoms with Gasteiger partial charge in [-0.3, -0.25) is 0 Å². The number of benzene rings is 1. The van der Waals surface area contributed by atoms with E-state index in [1.165, 1.54) is 0 Å². The Morgan fingerprint density at radius 3 is 2.45 bits per heavy atom. The number of likely N-dealkylation sites (N-methyl/N-ethyl adjacent to an activating group) is 1. The summed E-state index contributed by atoms with van der Waals surface area (Å²) in [5.41, 5.74) is 8.62. The molecule has 10 nitrogen and oxygen atoms in total. The van der Waals surface area contributed by atoms with Gasteiger partial charge in [-0.05, 0) is 0 Å². The van der Waals surface area contributed by atoms with E-state index in [0.717, 1.165) is 29.9 Å². The number of ketones is 1. The summed E-state index contributed by atoms with van der Waals surface area (Å²) in [7, 11) is 15.8. The first-order valence-corrected chi connectivity index (χ1v) is 14.0. The summed E-state index contributed by atoms with van der Waals surface area (Å²) < 4.78 is 5.41. The van der Waals surface area contributed by atoms with E-state index in [1.54, 1.807) is 32.2 Å². The number of aliphatic hydroxyl groups is 2. The average molecular weight is 568 g/mol. The van der Waals surface area contributed by atoms with E-state index < -0.39 is 28.8 Å². The summed E-state index contributed by atoms with van der Waals surface area (Å²) in [6.07, 6.45) is 1.05. The third-order valence-electron chi connectivity index (χ3n) is 9.18. The van der Waals surface area contributed by atoms with Crippen LogP contribution in [0.5, 0.6) is 5.75 Å². The third-order valence-corrected chi connectivity index (χ3v) is 10.2. The summed E-state index contributed by atoms with van der Waals surface area (Å²) in [5, 5.41) is 32.9. The number of anilines is 1. The summed E-state index contributed by atoms with van der Waals surface area (Å²) in [4.78, 5) is 32.5. The molecule has 3 aliphatic carbocycles. The molecule has 40 heavy (non-hydrogen) atoms. The van der Waals surface area contributed by atoms with E-state index in [1.807, 2.05) is 19.0 Å². The molecular weight excluding hydrogens is 530 g/mol. The molecule has 0 saturated carbocycles. The van der Waals surface area contributed by atoms with Gasteiger partial charge in [0.25, 0.3) is 0 Å². The van der Waals surface area contributed by atoms with Gasteiger partial charge >= 0.3 is 220 Å². The van der Waals surface area contributed by atoms with Crippen LogP contribution in [0.4, 0.5) is 5.69 Å². The van der Waals surface area contributed by atoms with Crippen LogP contribution in [0.3, 0.4) is 0 Å². The van der Waals surface area contributed by atoms with Gasteiger partial charge in [0.15, 0.2) is 0 Å². The molecular formula is C28H38BN4O6P. The molecule has 1 aromatic rings. The Balaban J connectivity index is 1.65. The number of aliphatic hydroxyl groups excluding tert-OH is 2. The number of rotatable bonds is 6. The number of primary amides is 1. The monoisotopic (exact) mass is 568 g/mol. The van der Waals surface area contributed by atoms with E-state index in [9.17, 15) is 24.9 Å². The van der Waals surface area contributed by atoms with Crippen LogP contribution in [0.1, 0.15) is 27.9 Å². The van der Waals surface area contributed by atoms with E-state index >= 15 is 0 Å². The predicted octanol–water partition coefficient (Wildman–Crippen LogP) is 0.404. The van der Waals surface area contributed by atoms with Crippen molar-refractivity contribution in [3.05, 3.63) is 45.4 Å². The molecule has 214 valence electrons. The SMILES string of the molecule is B=C1C(C(N)=O)=C(O)[C@@H](N(C)C)[C@@H]2C[C@@H]3Cc4c(c(O)cc(CN5CC(OC)C5)c4N(C)C)C(=O)C3=C(O)[C@]12P. The summed E-state index contributed by atoms with van der Waals surface area (Å²) in [6.45, 7) is 2.19. The number of hydrogen-bond acceptors (Lipinski definition) is 9. The number of nitrogens with two attached hydrogens (primary N) is 1. The van der Waals surface area contributed by atoms with Crippen LogP contribution in [0, 0.1) is 11.8 Å². The Morgan fingerprint density at radius 1 is 1.25 bits per heavy atom. The molecule has 1 heterocycles. The van der Waals surface area contributed by atoms with Crippen molar-refractivity contribution in [3.8, 4) is 5.75 Å². The maximum atomic E-state index is 14.1. The van der Waals surface area contributed by atoms with Crippen LogP contribution in [-0.4, -0.2) is 115 Å². The number of likely N-dealkylation sites (tertiary alicyclic amines) is 1. The number of methoxy groups -OCH3 is 1. The quantitative estimate of drug-likeness (QED) is 0.284. The molecule has 5 rings (SSSR count). The van der Waals surface area contributed by atoms with Crippen molar-refractivity contribution in [2.24, 2.45) is 17.6 Å². The van der Waals surface area contributed by atoms with E-state index in [4.69, 9.17) is 10.5 Å². The second-order valence-electron chi connectivity index (χ2n) is 11.9. The Labute approximate surface area is 237 Å². The molecule has 5 atom stereocenters. The van der Waals surface area contributed by atoms with Crippen LogP contribution in [-0.2, 0) is 22.5 Å². The molecule has 1 saturated heterocycles. The Morgan fingerprint density at radius 2 is 1.90 bits per heavy atom. The number of ether oxygens (including phenoxy) is 1. The van der Waals surface area contributed by atoms with Crippen LogP contribution in [0.2, 0.25) is 0 Å². The molecule has 1 unspecified atom stereocenters. The van der Waals surface area contributed by atoms with Crippen molar-refractivity contribution in [1.82, 2.24) is 9.80 Å². The van der Waals surface area contributed by atoms with Gasteiger partial charge < -0.3 is 4.74 Å². The summed E-state index contributed by atoms with van der Waals surface area (Å²) >= 11 is 0. The fraction of sp³-hybridized carbons (Fsp3) is 0.536. The second kappa shape index (κ2) is 9.98. The zero-order chi connectivity index (χ0) is 29.4. The molecule has 0 radical (unpaired) electrons. The zero-order valence-corrected chi connectivity index (χ0v) is 24.8. The minimum absolute atomic E-state index is 0.118. The van der Waals surface area contributed by atoms with Gasteiger partial charge in [-0.25, -0.2) is 0 Å². The first kappa shape index (κ1) is 28.8. The van der Waals surface area contributed by atoms with Crippen LogP contribution >= 0.6 is 9.24 Å². The number of Topliss-reactive ketones (excluding diaryl/α,β-unsaturated/α-hetero) is 1. The van der Waals surface area contributed by atoms with Gasteiger partial charge in [-0.2, -0.15) is 0 Å². The molecule has 1 amide bonds. The predicted molar refractivity (Wildman–Crippen MR) is 159 cm³/mol. The van der Waals surface area contributed by atoms with Gasteiger partial charge in [0.1, 0.15) is 0 Å². The molecule has 0 aromatic heterocycles. The Bertz CT molecular complexity index is 1380. The van der Waals surface area contributed by atoms with E-state index in [2.05, 4.69) is 21.6 Å². The zero-order valence-electron chi connectivity index (χ0n) is 23.7. The number of phenols is 1. The number of fused-ring (bicyclic) bond motifs is 3. The number of carbonyl (C=O) groups is 2. The normalized spacial score (nSPS) is 28.8. The number of carbonyl (C=O) groups excluding carboxylic acids is 2. The van der Waals surface area contributed by atoms with Crippen molar-refractivity contribution in [1.29, 1.82) is 0 Å². The van der Waals surface area contributed by atoms with E-state index in [0.29, 0.717) is 19.4 Å². The van der Waals surface area contributed by atoms with Crippen LogP contribution in [0.15, 0.2) is 28.7 Å². The molecule has 0 spiro atoms. The standard InChI is InChI=1S/C28H38BN4O6P/c1-31(2)21-13(9-33-10-14(11-33)39-5)8-17(34)19-15(21)6-12-7-16-22(32(3)4)24(36)20(27(30)38)25(29)28(16,40)26(37)18(12)23(19)35/h8,12,14,16,22,29,34,36-37H,6-7,9-11,40H2,1-5H3,(H2,30,38)/t12-,16-,22-,28+/m0/s1. The molecule has 0 bridgehead atoms. The number of aromatic hydroxyl groups is 1.